The molecule has 0 unspecified atom stereocenters. The fourth-order valence-corrected chi connectivity index (χ4v) is 3.81. The van der Waals surface area contributed by atoms with Gasteiger partial charge in [-0.3, -0.25) is 9.89 Å². The topological polar surface area (TPSA) is 146 Å². The lowest BCUT2D eigenvalue weighted by Gasteiger charge is -2.23. The molecule has 11 nitrogen and oxygen atoms in total. The normalized spacial score (nSPS) is 11.4. The zero-order chi connectivity index (χ0) is 28.7. The average Bonchev–Trinajstić information content (AvgIpc) is 3.33. The largest absolute Gasteiger partial charge is 0.493 e. The van der Waals surface area contributed by atoms with Crippen LogP contribution in [0.1, 0.15) is 26.0 Å². The standard InChI is InChI=1S/C27H31F2N7O4/c1-27(2,14-37)32-5-4-6-40-23-13-21-20(12-22(23)39-3)26(31-15-30-21)34-24-10-19(35-36-24)11-25(38)33-18-8-16(28)7-17(29)9-18/h7-10,12-13,15,32,37H,4-6,11,14H2,1-3H3,(H,33,38)(H2,30,31,34,35,36). The Morgan fingerprint density at radius 1 is 1.07 bits per heavy atom. The number of methoxy groups -OCH3 is 1. The highest BCUT2D eigenvalue weighted by atomic mass is 19.1. The molecule has 212 valence electrons. The van der Waals surface area contributed by atoms with Gasteiger partial charge in [0.15, 0.2) is 17.3 Å². The average molecular weight is 556 g/mol. The van der Waals surface area contributed by atoms with Crippen LogP contribution in [0.4, 0.5) is 26.1 Å². The summed E-state index contributed by atoms with van der Waals surface area (Å²) in [4.78, 5) is 21.0. The number of aromatic nitrogens is 4. The van der Waals surface area contributed by atoms with Gasteiger partial charge in [-0.1, -0.05) is 0 Å². The van der Waals surface area contributed by atoms with Crippen molar-refractivity contribution in [3.05, 3.63) is 60.1 Å². The van der Waals surface area contributed by atoms with Crippen LogP contribution < -0.4 is 25.4 Å². The van der Waals surface area contributed by atoms with Crippen LogP contribution in [0.3, 0.4) is 0 Å². The number of aliphatic hydroxyl groups is 1. The molecule has 0 aliphatic rings. The van der Waals surface area contributed by atoms with Gasteiger partial charge in [0, 0.05) is 40.5 Å². The number of rotatable bonds is 13. The number of hydrogen-bond acceptors (Lipinski definition) is 9. The fraction of sp³-hybridized carbons (Fsp3) is 0.333. The molecular formula is C27H31F2N7O4. The predicted octanol–water partition coefficient (Wildman–Crippen LogP) is 3.69. The summed E-state index contributed by atoms with van der Waals surface area (Å²) in [6.07, 6.45) is 2.03. The molecule has 13 heteroatoms. The van der Waals surface area contributed by atoms with E-state index in [4.69, 9.17) is 9.47 Å². The van der Waals surface area contributed by atoms with E-state index in [1.54, 1.807) is 25.3 Å². The summed E-state index contributed by atoms with van der Waals surface area (Å²) < 4.78 is 38.2. The summed E-state index contributed by atoms with van der Waals surface area (Å²) in [5, 5.41) is 25.8. The second kappa shape index (κ2) is 12.7. The van der Waals surface area contributed by atoms with Crippen LogP contribution in [-0.2, 0) is 11.2 Å². The Labute approximate surface area is 229 Å². The van der Waals surface area contributed by atoms with Gasteiger partial charge in [-0.05, 0) is 45.0 Å². The summed E-state index contributed by atoms with van der Waals surface area (Å²) in [5.41, 5.74) is 0.754. The SMILES string of the molecule is COc1cc2c(Nc3cc(CC(=O)Nc4cc(F)cc(F)c4)[nH]n3)ncnc2cc1OCCCNC(C)(C)CO. The molecule has 40 heavy (non-hydrogen) atoms. The number of H-pyrrole nitrogens is 1. The minimum atomic E-state index is -0.786. The van der Waals surface area contributed by atoms with Crippen LogP contribution in [0.15, 0.2) is 42.7 Å². The van der Waals surface area contributed by atoms with Crippen molar-refractivity contribution in [1.82, 2.24) is 25.5 Å². The Kier molecular flexibility index (Phi) is 9.07. The van der Waals surface area contributed by atoms with Crippen molar-refractivity contribution in [1.29, 1.82) is 0 Å². The molecule has 4 aromatic rings. The third-order valence-electron chi connectivity index (χ3n) is 5.87. The highest BCUT2D eigenvalue weighted by Gasteiger charge is 2.16. The van der Waals surface area contributed by atoms with E-state index in [0.29, 0.717) is 52.9 Å². The Morgan fingerprint density at radius 3 is 2.58 bits per heavy atom. The summed E-state index contributed by atoms with van der Waals surface area (Å²) in [7, 11) is 1.54. The molecule has 0 fully saturated rings. The molecule has 2 aromatic carbocycles. The molecule has 4 rings (SSSR count). The van der Waals surface area contributed by atoms with E-state index in [0.717, 1.165) is 24.6 Å². The molecule has 0 saturated carbocycles. The number of nitrogens with zero attached hydrogens (tertiary/aromatic N) is 3. The Balaban J connectivity index is 1.40. The second-order valence-electron chi connectivity index (χ2n) is 9.70. The number of anilines is 3. The van der Waals surface area contributed by atoms with Gasteiger partial charge in [0.1, 0.15) is 23.8 Å². The van der Waals surface area contributed by atoms with E-state index in [1.165, 1.54) is 6.33 Å². The first kappa shape index (κ1) is 28.6. The number of carbonyl (C=O) groups excluding carboxylic acids is 1. The van der Waals surface area contributed by atoms with Crippen LogP contribution in [0.25, 0.3) is 10.9 Å². The van der Waals surface area contributed by atoms with Gasteiger partial charge in [-0.2, -0.15) is 5.10 Å². The van der Waals surface area contributed by atoms with Crippen LogP contribution >= 0.6 is 0 Å². The first-order valence-electron chi connectivity index (χ1n) is 12.5. The quantitative estimate of drug-likeness (QED) is 0.156. The first-order valence-corrected chi connectivity index (χ1v) is 12.5. The fourth-order valence-electron chi connectivity index (χ4n) is 3.81. The highest BCUT2D eigenvalue weighted by molar-refractivity contribution is 5.93. The molecule has 0 bridgehead atoms. The minimum Gasteiger partial charge on any atom is -0.493 e. The third-order valence-corrected chi connectivity index (χ3v) is 5.87. The lowest BCUT2D eigenvalue weighted by atomic mass is 10.1. The summed E-state index contributed by atoms with van der Waals surface area (Å²) in [5.74, 6) is -0.148. The van der Waals surface area contributed by atoms with Gasteiger partial charge in [0.25, 0.3) is 0 Å². The van der Waals surface area contributed by atoms with Crippen molar-refractivity contribution in [2.45, 2.75) is 32.2 Å². The number of amides is 1. The van der Waals surface area contributed by atoms with Crippen LogP contribution in [0.5, 0.6) is 11.5 Å². The summed E-state index contributed by atoms with van der Waals surface area (Å²) in [6, 6.07) is 7.94. The number of fused-ring (bicyclic) bond motifs is 1. The molecule has 5 N–H and O–H groups in total. The zero-order valence-corrected chi connectivity index (χ0v) is 22.3. The number of ether oxygens (including phenoxy) is 2. The first-order chi connectivity index (χ1) is 19.2. The van der Waals surface area contributed by atoms with E-state index >= 15 is 0 Å². The second-order valence-corrected chi connectivity index (χ2v) is 9.70. The smallest absolute Gasteiger partial charge is 0.230 e. The molecule has 1 amide bonds. The molecule has 0 radical (unpaired) electrons. The molecule has 2 aromatic heterocycles. The predicted molar refractivity (Wildman–Crippen MR) is 146 cm³/mol. The molecule has 0 aliphatic carbocycles. The number of aromatic amines is 1. The van der Waals surface area contributed by atoms with E-state index in [2.05, 4.69) is 36.1 Å². The van der Waals surface area contributed by atoms with Gasteiger partial charge in [0.2, 0.25) is 5.91 Å². The van der Waals surface area contributed by atoms with Crippen molar-refractivity contribution < 1.29 is 28.2 Å². The van der Waals surface area contributed by atoms with Gasteiger partial charge in [-0.15, -0.1) is 0 Å². The van der Waals surface area contributed by atoms with E-state index in [1.807, 2.05) is 13.8 Å². The van der Waals surface area contributed by atoms with Crippen LogP contribution in [-0.4, -0.2) is 63.6 Å². The lowest BCUT2D eigenvalue weighted by Crippen LogP contribution is -2.43. The number of nitrogens with one attached hydrogen (secondary N) is 4. The van der Waals surface area contributed by atoms with E-state index < -0.39 is 17.5 Å². The molecule has 0 aliphatic heterocycles. The van der Waals surface area contributed by atoms with Crippen molar-refractivity contribution >= 4 is 34.1 Å². The molecule has 2 heterocycles. The van der Waals surface area contributed by atoms with Crippen LogP contribution in [0.2, 0.25) is 0 Å². The van der Waals surface area contributed by atoms with Crippen LogP contribution in [0, 0.1) is 11.6 Å². The van der Waals surface area contributed by atoms with Gasteiger partial charge in [0.05, 0.1) is 32.3 Å². The Hall–Kier alpha value is -4.36. The van der Waals surface area contributed by atoms with Crippen molar-refractivity contribution in [3.8, 4) is 11.5 Å². The Morgan fingerprint density at radius 2 is 1.85 bits per heavy atom. The Bertz CT molecular complexity index is 1460. The number of aliphatic hydroxyl groups excluding tert-OH is 1. The lowest BCUT2D eigenvalue weighted by molar-refractivity contribution is -0.115. The monoisotopic (exact) mass is 555 g/mol. The van der Waals surface area contributed by atoms with E-state index in [9.17, 15) is 18.7 Å². The zero-order valence-electron chi connectivity index (χ0n) is 22.3. The van der Waals surface area contributed by atoms with Gasteiger partial charge >= 0.3 is 0 Å². The number of benzene rings is 2. The van der Waals surface area contributed by atoms with Crippen molar-refractivity contribution in [2.75, 3.05) is 37.5 Å². The maximum absolute atomic E-state index is 13.4. The van der Waals surface area contributed by atoms with Gasteiger partial charge in [-0.25, -0.2) is 18.7 Å². The van der Waals surface area contributed by atoms with E-state index in [-0.39, 0.29) is 24.3 Å². The molecule has 0 saturated heterocycles. The highest BCUT2D eigenvalue weighted by Crippen LogP contribution is 2.34. The third kappa shape index (κ3) is 7.61. The van der Waals surface area contributed by atoms with Gasteiger partial charge < -0.3 is 30.5 Å². The number of carbonyl (C=O) groups is 1. The van der Waals surface area contributed by atoms with Crippen molar-refractivity contribution in [3.63, 3.8) is 0 Å². The molecular weight excluding hydrogens is 524 g/mol. The maximum atomic E-state index is 13.4. The van der Waals surface area contributed by atoms with Crippen molar-refractivity contribution in [2.24, 2.45) is 0 Å². The molecule has 0 atom stereocenters. The maximum Gasteiger partial charge on any atom is 0.230 e. The minimum absolute atomic E-state index is 0.0208. The molecule has 0 spiro atoms. The number of hydrogen-bond donors (Lipinski definition) is 5. The number of halogens is 2. The summed E-state index contributed by atoms with van der Waals surface area (Å²) >= 11 is 0. The summed E-state index contributed by atoms with van der Waals surface area (Å²) in [6.45, 7) is 4.99.